The van der Waals surface area contributed by atoms with Gasteiger partial charge in [0.2, 0.25) is 11.7 Å². The molecule has 1 atom stereocenters. The van der Waals surface area contributed by atoms with E-state index in [1.807, 2.05) is 23.6 Å². The molecule has 0 aliphatic carbocycles. The van der Waals surface area contributed by atoms with E-state index in [-0.39, 0.29) is 12.0 Å². The molecule has 0 aromatic carbocycles. The number of fused-ring (bicyclic) bond motifs is 1. The van der Waals surface area contributed by atoms with Crippen LogP contribution in [0.5, 0.6) is 0 Å². The number of nitrogens with one attached hydrogen (secondary N) is 1. The van der Waals surface area contributed by atoms with E-state index in [0.29, 0.717) is 11.7 Å². The third kappa shape index (κ3) is 3.08. The second-order valence-corrected chi connectivity index (χ2v) is 6.81. The maximum Gasteiger partial charge on any atom is 0.249 e. The van der Waals surface area contributed by atoms with Crippen LogP contribution >= 0.6 is 11.3 Å². The van der Waals surface area contributed by atoms with E-state index in [9.17, 15) is 0 Å². The molecule has 4 rings (SSSR count). The van der Waals surface area contributed by atoms with Crippen LogP contribution in [0, 0.1) is 5.92 Å². The molecule has 4 aromatic rings. The largest absolute Gasteiger partial charge is 0.358 e. The van der Waals surface area contributed by atoms with E-state index >= 15 is 0 Å². The van der Waals surface area contributed by atoms with Crippen molar-refractivity contribution in [3.05, 3.63) is 48.2 Å². The molecule has 25 heavy (non-hydrogen) atoms. The fraction of sp³-hybridized carbons (Fsp3) is 0.235. The first-order chi connectivity index (χ1) is 12.2. The molecular formula is C17H16N6OS. The zero-order chi connectivity index (χ0) is 17.2. The Balaban J connectivity index is 1.66. The summed E-state index contributed by atoms with van der Waals surface area (Å²) in [4.78, 5) is 18.2. The smallest absolute Gasteiger partial charge is 0.249 e. The van der Waals surface area contributed by atoms with Gasteiger partial charge >= 0.3 is 0 Å². The van der Waals surface area contributed by atoms with E-state index < -0.39 is 0 Å². The van der Waals surface area contributed by atoms with Crippen molar-refractivity contribution in [1.82, 2.24) is 25.1 Å². The first kappa shape index (κ1) is 15.6. The molecule has 1 unspecified atom stereocenters. The average molecular weight is 352 g/mol. The molecule has 0 aliphatic rings. The monoisotopic (exact) mass is 352 g/mol. The standard InChI is InChI=1S/C17H16N6OS/c1-10(2)13(21-15-12-5-8-25-17(12)20-9-19-15)16-22-14(23-24-16)11-3-6-18-7-4-11/h3-10,13H,1-2H3,(H,19,20,21). The third-order valence-electron chi connectivity index (χ3n) is 3.87. The number of hydrogen-bond donors (Lipinski definition) is 1. The van der Waals surface area contributed by atoms with Crippen LogP contribution in [0.3, 0.4) is 0 Å². The molecule has 0 fully saturated rings. The van der Waals surface area contributed by atoms with Crippen LogP contribution in [-0.4, -0.2) is 25.1 Å². The van der Waals surface area contributed by atoms with Crippen molar-refractivity contribution in [2.24, 2.45) is 5.92 Å². The molecule has 8 heteroatoms. The molecule has 0 radical (unpaired) electrons. The Morgan fingerprint density at radius 1 is 1.12 bits per heavy atom. The minimum absolute atomic E-state index is 0.152. The lowest BCUT2D eigenvalue weighted by Gasteiger charge is -2.19. The molecule has 4 heterocycles. The average Bonchev–Trinajstić information content (AvgIpc) is 3.30. The van der Waals surface area contributed by atoms with Gasteiger partial charge in [0.1, 0.15) is 23.0 Å². The van der Waals surface area contributed by atoms with Crippen LogP contribution in [0.2, 0.25) is 0 Å². The van der Waals surface area contributed by atoms with Crippen LogP contribution in [0.25, 0.3) is 21.6 Å². The highest BCUT2D eigenvalue weighted by atomic mass is 32.1. The number of nitrogens with zero attached hydrogens (tertiary/aromatic N) is 5. The second-order valence-electron chi connectivity index (χ2n) is 5.92. The number of pyridine rings is 1. The molecule has 4 aromatic heterocycles. The Hall–Kier alpha value is -2.87. The Labute approximate surface area is 148 Å². The van der Waals surface area contributed by atoms with Crippen LogP contribution in [0.4, 0.5) is 5.82 Å². The van der Waals surface area contributed by atoms with E-state index in [4.69, 9.17) is 4.52 Å². The normalized spacial score (nSPS) is 12.6. The minimum Gasteiger partial charge on any atom is -0.358 e. The lowest BCUT2D eigenvalue weighted by molar-refractivity contribution is 0.336. The molecule has 1 N–H and O–H groups in total. The highest BCUT2D eigenvalue weighted by Gasteiger charge is 2.24. The summed E-state index contributed by atoms with van der Waals surface area (Å²) in [5, 5.41) is 10.5. The number of rotatable bonds is 5. The van der Waals surface area contributed by atoms with Crippen molar-refractivity contribution in [3.8, 4) is 11.4 Å². The minimum atomic E-state index is -0.152. The van der Waals surface area contributed by atoms with Crippen molar-refractivity contribution in [1.29, 1.82) is 0 Å². The van der Waals surface area contributed by atoms with Gasteiger partial charge in [-0.05, 0) is 29.5 Å². The number of thiophene rings is 1. The van der Waals surface area contributed by atoms with Crippen LogP contribution in [-0.2, 0) is 0 Å². The zero-order valence-electron chi connectivity index (χ0n) is 13.7. The topological polar surface area (TPSA) is 89.6 Å². The lowest BCUT2D eigenvalue weighted by Crippen LogP contribution is -2.18. The van der Waals surface area contributed by atoms with Crippen molar-refractivity contribution in [2.45, 2.75) is 19.9 Å². The first-order valence-electron chi connectivity index (χ1n) is 7.91. The maximum atomic E-state index is 5.52. The Morgan fingerprint density at radius 2 is 1.96 bits per heavy atom. The highest BCUT2D eigenvalue weighted by Crippen LogP contribution is 2.30. The zero-order valence-corrected chi connectivity index (χ0v) is 14.6. The van der Waals surface area contributed by atoms with Crippen molar-refractivity contribution >= 4 is 27.4 Å². The van der Waals surface area contributed by atoms with Crippen LogP contribution in [0.1, 0.15) is 25.8 Å². The Morgan fingerprint density at radius 3 is 2.76 bits per heavy atom. The van der Waals surface area contributed by atoms with Crippen LogP contribution < -0.4 is 5.32 Å². The lowest BCUT2D eigenvalue weighted by atomic mass is 10.0. The summed E-state index contributed by atoms with van der Waals surface area (Å²) in [6.07, 6.45) is 4.98. The predicted molar refractivity (Wildman–Crippen MR) is 96.1 cm³/mol. The van der Waals surface area contributed by atoms with E-state index in [1.54, 1.807) is 30.1 Å². The van der Waals surface area contributed by atoms with Crippen molar-refractivity contribution < 1.29 is 4.52 Å². The summed E-state index contributed by atoms with van der Waals surface area (Å²) in [7, 11) is 0. The van der Waals surface area contributed by atoms with Crippen molar-refractivity contribution in [3.63, 3.8) is 0 Å². The molecule has 7 nitrogen and oxygen atoms in total. The summed E-state index contributed by atoms with van der Waals surface area (Å²) >= 11 is 1.59. The fourth-order valence-corrected chi connectivity index (χ4v) is 3.28. The van der Waals surface area contributed by atoms with E-state index in [0.717, 1.165) is 21.6 Å². The van der Waals surface area contributed by atoms with Gasteiger partial charge in [0, 0.05) is 18.0 Å². The van der Waals surface area contributed by atoms with E-state index in [2.05, 4.69) is 44.3 Å². The number of hydrogen-bond acceptors (Lipinski definition) is 8. The highest BCUT2D eigenvalue weighted by molar-refractivity contribution is 7.16. The molecule has 0 amide bonds. The molecule has 126 valence electrons. The summed E-state index contributed by atoms with van der Waals surface area (Å²) in [6.45, 7) is 4.19. The first-order valence-corrected chi connectivity index (χ1v) is 8.79. The third-order valence-corrected chi connectivity index (χ3v) is 4.69. The molecule has 0 saturated carbocycles. The van der Waals surface area contributed by atoms with Gasteiger partial charge in [-0.15, -0.1) is 11.3 Å². The fourth-order valence-electron chi connectivity index (χ4n) is 2.55. The quantitative estimate of drug-likeness (QED) is 0.581. The summed E-state index contributed by atoms with van der Waals surface area (Å²) in [5.74, 6) is 2.08. The van der Waals surface area contributed by atoms with Gasteiger partial charge in [0.05, 0.1) is 5.39 Å². The molecule has 0 spiro atoms. The Bertz CT molecular complexity index is 981. The van der Waals surface area contributed by atoms with Gasteiger partial charge in [0.15, 0.2) is 0 Å². The molecule has 0 saturated heterocycles. The van der Waals surface area contributed by atoms with Crippen LogP contribution in [0.15, 0.2) is 46.8 Å². The van der Waals surface area contributed by atoms with Gasteiger partial charge in [-0.1, -0.05) is 19.0 Å². The van der Waals surface area contributed by atoms with Gasteiger partial charge < -0.3 is 9.84 Å². The molecule has 0 aliphatic heterocycles. The van der Waals surface area contributed by atoms with Gasteiger partial charge in [-0.3, -0.25) is 4.98 Å². The Kier molecular flexibility index (Phi) is 4.10. The second kappa shape index (κ2) is 6.56. The molecular weight excluding hydrogens is 336 g/mol. The number of anilines is 1. The summed E-state index contributed by atoms with van der Waals surface area (Å²) < 4.78 is 5.52. The van der Waals surface area contributed by atoms with Crippen molar-refractivity contribution in [2.75, 3.05) is 5.32 Å². The number of aromatic nitrogens is 5. The summed E-state index contributed by atoms with van der Waals surface area (Å²) in [6, 6.07) is 5.56. The van der Waals surface area contributed by atoms with Gasteiger partial charge in [-0.2, -0.15) is 4.98 Å². The van der Waals surface area contributed by atoms with Gasteiger partial charge in [-0.25, -0.2) is 9.97 Å². The predicted octanol–water partition coefficient (Wildman–Crippen LogP) is 3.95. The SMILES string of the molecule is CC(C)C(Nc1ncnc2sccc12)c1nc(-c2ccncc2)no1. The maximum absolute atomic E-state index is 5.52. The molecule has 0 bridgehead atoms. The summed E-state index contributed by atoms with van der Waals surface area (Å²) in [5.41, 5.74) is 0.870. The van der Waals surface area contributed by atoms with Gasteiger partial charge in [0.25, 0.3) is 0 Å². The van der Waals surface area contributed by atoms with E-state index in [1.165, 1.54) is 0 Å².